The maximum Gasteiger partial charge on any atom is 0.0620 e. The van der Waals surface area contributed by atoms with E-state index in [0.29, 0.717) is 5.92 Å². The Morgan fingerprint density at radius 3 is 2.57 bits per heavy atom. The van der Waals surface area contributed by atoms with Gasteiger partial charge in [-0.3, -0.25) is 0 Å². The third-order valence-electron chi connectivity index (χ3n) is 2.82. The minimum atomic E-state index is 0.558. The van der Waals surface area contributed by atoms with Crippen molar-refractivity contribution in [1.82, 2.24) is 4.57 Å². The van der Waals surface area contributed by atoms with Gasteiger partial charge in [0.2, 0.25) is 0 Å². The Morgan fingerprint density at radius 1 is 1.43 bits per heavy atom. The SMILES string of the molecule is CCCn1c(C)cc(Cl)c1C(C)CC. The largest absolute Gasteiger partial charge is 0.347 e. The Labute approximate surface area is 92.1 Å². The van der Waals surface area contributed by atoms with Gasteiger partial charge in [-0.1, -0.05) is 32.4 Å². The number of nitrogens with zero attached hydrogens (tertiary/aromatic N) is 1. The van der Waals surface area contributed by atoms with Crippen molar-refractivity contribution in [3.05, 3.63) is 22.5 Å². The van der Waals surface area contributed by atoms with Gasteiger partial charge in [0.25, 0.3) is 0 Å². The second kappa shape index (κ2) is 4.88. The predicted octanol–water partition coefficient (Wildman–Crippen LogP) is 4.37. The van der Waals surface area contributed by atoms with Crippen molar-refractivity contribution >= 4 is 11.6 Å². The summed E-state index contributed by atoms with van der Waals surface area (Å²) in [7, 11) is 0. The molecule has 0 bridgehead atoms. The van der Waals surface area contributed by atoms with Crippen LogP contribution in [0.5, 0.6) is 0 Å². The van der Waals surface area contributed by atoms with Gasteiger partial charge >= 0.3 is 0 Å². The number of hydrogen-bond acceptors (Lipinski definition) is 0. The van der Waals surface area contributed by atoms with Crippen molar-refractivity contribution in [3.8, 4) is 0 Å². The molecule has 0 aliphatic carbocycles. The van der Waals surface area contributed by atoms with E-state index in [1.807, 2.05) is 0 Å². The molecule has 1 atom stereocenters. The first kappa shape index (κ1) is 11.6. The molecule has 1 unspecified atom stereocenters. The average Bonchev–Trinajstić information content (AvgIpc) is 2.42. The molecule has 0 aliphatic rings. The highest BCUT2D eigenvalue weighted by Crippen LogP contribution is 2.30. The number of rotatable bonds is 4. The highest BCUT2D eigenvalue weighted by molar-refractivity contribution is 6.31. The molecular formula is C12H20ClN. The van der Waals surface area contributed by atoms with E-state index in [-0.39, 0.29) is 0 Å². The quantitative estimate of drug-likeness (QED) is 0.700. The molecule has 0 amide bonds. The topological polar surface area (TPSA) is 4.93 Å². The van der Waals surface area contributed by atoms with Crippen LogP contribution >= 0.6 is 11.6 Å². The lowest BCUT2D eigenvalue weighted by atomic mass is 10.1. The molecule has 0 saturated carbocycles. The molecule has 1 aromatic rings. The first-order valence-corrected chi connectivity index (χ1v) is 5.85. The standard InChI is InChI=1S/C12H20ClN/c1-5-7-14-10(4)8-11(13)12(14)9(3)6-2/h8-9H,5-7H2,1-4H3. The van der Waals surface area contributed by atoms with Gasteiger partial charge in [-0.05, 0) is 31.7 Å². The van der Waals surface area contributed by atoms with Crippen molar-refractivity contribution in [2.45, 2.75) is 53.0 Å². The highest BCUT2D eigenvalue weighted by atomic mass is 35.5. The average molecular weight is 214 g/mol. The summed E-state index contributed by atoms with van der Waals surface area (Å²) in [6.45, 7) is 9.87. The van der Waals surface area contributed by atoms with Gasteiger partial charge in [-0.2, -0.15) is 0 Å². The Kier molecular flexibility index (Phi) is 4.06. The van der Waals surface area contributed by atoms with E-state index in [1.165, 1.54) is 11.4 Å². The summed E-state index contributed by atoms with van der Waals surface area (Å²) < 4.78 is 2.36. The molecular weight excluding hydrogens is 194 g/mol. The fourth-order valence-corrected chi connectivity index (χ4v) is 2.32. The van der Waals surface area contributed by atoms with E-state index in [1.54, 1.807) is 0 Å². The van der Waals surface area contributed by atoms with Crippen molar-refractivity contribution in [2.24, 2.45) is 0 Å². The number of aryl methyl sites for hydroxylation is 1. The number of halogens is 1. The number of aromatic nitrogens is 1. The zero-order chi connectivity index (χ0) is 10.7. The molecule has 1 nitrogen and oxygen atoms in total. The van der Waals surface area contributed by atoms with Gasteiger partial charge in [0.1, 0.15) is 0 Å². The Balaban J connectivity index is 3.10. The van der Waals surface area contributed by atoms with Crippen LogP contribution in [0.2, 0.25) is 5.02 Å². The summed E-state index contributed by atoms with van der Waals surface area (Å²) in [6.07, 6.45) is 2.31. The summed E-state index contributed by atoms with van der Waals surface area (Å²) in [5.41, 5.74) is 2.60. The Hall–Kier alpha value is -0.430. The van der Waals surface area contributed by atoms with Crippen LogP contribution in [0.25, 0.3) is 0 Å². The minimum absolute atomic E-state index is 0.558. The monoisotopic (exact) mass is 213 g/mol. The van der Waals surface area contributed by atoms with Crippen LogP contribution in [0.3, 0.4) is 0 Å². The first-order chi connectivity index (χ1) is 6.61. The molecule has 0 N–H and O–H groups in total. The van der Waals surface area contributed by atoms with Crippen LogP contribution in [0.15, 0.2) is 6.07 Å². The van der Waals surface area contributed by atoms with Crippen molar-refractivity contribution in [2.75, 3.05) is 0 Å². The lowest BCUT2D eigenvalue weighted by Crippen LogP contribution is -2.07. The molecule has 1 heterocycles. The van der Waals surface area contributed by atoms with Gasteiger partial charge in [0, 0.05) is 17.9 Å². The summed E-state index contributed by atoms with van der Waals surface area (Å²) in [5.74, 6) is 0.558. The molecule has 14 heavy (non-hydrogen) atoms. The van der Waals surface area contributed by atoms with Gasteiger partial charge in [-0.15, -0.1) is 0 Å². The molecule has 1 rings (SSSR count). The normalized spacial score (nSPS) is 13.2. The molecule has 0 radical (unpaired) electrons. The zero-order valence-electron chi connectivity index (χ0n) is 9.60. The van der Waals surface area contributed by atoms with Crippen molar-refractivity contribution in [3.63, 3.8) is 0 Å². The van der Waals surface area contributed by atoms with Crippen LogP contribution < -0.4 is 0 Å². The molecule has 0 aliphatic heterocycles. The lowest BCUT2D eigenvalue weighted by molar-refractivity contribution is 0.586. The Bertz CT molecular complexity index is 302. The maximum atomic E-state index is 6.24. The van der Waals surface area contributed by atoms with E-state index >= 15 is 0 Å². The van der Waals surface area contributed by atoms with E-state index in [4.69, 9.17) is 11.6 Å². The molecule has 80 valence electrons. The fourth-order valence-electron chi connectivity index (χ4n) is 1.87. The van der Waals surface area contributed by atoms with E-state index in [9.17, 15) is 0 Å². The van der Waals surface area contributed by atoms with Crippen molar-refractivity contribution in [1.29, 1.82) is 0 Å². The second-order valence-corrected chi connectivity index (χ2v) is 4.39. The molecule has 0 fully saturated rings. The highest BCUT2D eigenvalue weighted by Gasteiger charge is 2.15. The molecule has 0 saturated heterocycles. The van der Waals surface area contributed by atoms with Gasteiger partial charge in [0.05, 0.1) is 5.02 Å². The third-order valence-corrected chi connectivity index (χ3v) is 3.13. The van der Waals surface area contributed by atoms with Crippen LogP contribution in [0.1, 0.15) is 50.9 Å². The van der Waals surface area contributed by atoms with E-state index < -0.39 is 0 Å². The minimum Gasteiger partial charge on any atom is -0.347 e. The molecule has 0 spiro atoms. The van der Waals surface area contributed by atoms with Gasteiger partial charge in [-0.25, -0.2) is 0 Å². The molecule has 0 aromatic carbocycles. The first-order valence-electron chi connectivity index (χ1n) is 5.47. The maximum absolute atomic E-state index is 6.24. The summed E-state index contributed by atoms with van der Waals surface area (Å²) in [4.78, 5) is 0. The van der Waals surface area contributed by atoms with Crippen LogP contribution in [0.4, 0.5) is 0 Å². The van der Waals surface area contributed by atoms with Crippen LogP contribution in [-0.4, -0.2) is 4.57 Å². The van der Waals surface area contributed by atoms with Crippen LogP contribution in [0, 0.1) is 6.92 Å². The smallest absolute Gasteiger partial charge is 0.0620 e. The van der Waals surface area contributed by atoms with Crippen molar-refractivity contribution < 1.29 is 0 Å². The number of hydrogen-bond donors (Lipinski definition) is 0. The van der Waals surface area contributed by atoms with Gasteiger partial charge < -0.3 is 4.57 Å². The lowest BCUT2D eigenvalue weighted by Gasteiger charge is -2.15. The van der Waals surface area contributed by atoms with E-state index in [0.717, 1.165) is 24.4 Å². The summed E-state index contributed by atoms with van der Waals surface area (Å²) in [5, 5.41) is 0.935. The fraction of sp³-hybridized carbons (Fsp3) is 0.667. The van der Waals surface area contributed by atoms with E-state index in [2.05, 4.69) is 38.3 Å². The zero-order valence-corrected chi connectivity index (χ0v) is 10.4. The van der Waals surface area contributed by atoms with Gasteiger partial charge in [0.15, 0.2) is 0 Å². The second-order valence-electron chi connectivity index (χ2n) is 3.98. The van der Waals surface area contributed by atoms with Crippen LogP contribution in [-0.2, 0) is 6.54 Å². The third kappa shape index (κ3) is 2.14. The molecule has 2 heteroatoms. The summed E-state index contributed by atoms with van der Waals surface area (Å²) >= 11 is 6.24. The summed E-state index contributed by atoms with van der Waals surface area (Å²) in [6, 6.07) is 2.08. The molecule has 1 aromatic heterocycles. The predicted molar refractivity (Wildman–Crippen MR) is 63.2 cm³/mol. The Morgan fingerprint density at radius 2 is 2.07 bits per heavy atom.